The van der Waals surface area contributed by atoms with E-state index < -0.39 is 0 Å². The lowest BCUT2D eigenvalue weighted by molar-refractivity contribution is -0.0380. The molecule has 1 fully saturated rings. The second-order valence-electron chi connectivity index (χ2n) is 7.14. The van der Waals surface area contributed by atoms with Gasteiger partial charge in [0.2, 0.25) is 0 Å². The lowest BCUT2D eigenvalue weighted by Crippen LogP contribution is -2.62. The summed E-state index contributed by atoms with van der Waals surface area (Å²) in [4.78, 5) is 16.7. The van der Waals surface area contributed by atoms with Gasteiger partial charge in [0.15, 0.2) is 5.76 Å². The lowest BCUT2D eigenvalue weighted by atomic mass is 9.77. The number of carbonyl (C=O) groups excluding carboxylic acids is 1. The highest BCUT2D eigenvalue weighted by molar-refractivity contribution is 5.91. The number of hydrogen-bond donors (Lipinski definition) is 0. The van der Waals surface area contributed by atoms with Crippen LogP contribution in [0.5, 0.6) is 0 Å². The van der Waals surface area contributed by atoms with Crippen LogP contribution < -0.4 is 0 Å². The minimum absolute atomic E-state index is 0.0313. The monoisotopic (exact) mass is 278 g/mol. The van der Waals surface area contributed by atoms with Crippen LogP contribution in [0.4, 0.5) is 0 Å². The first-order chi connectivity index (χ1) is 9.15. The quantitative estimate of drug-likeness (QED) is 0.834. The molecular formula is C16H26N2O2. The summed E-state index contributed by atoms with van der Waals surface area (Å²) in [6.07, 6.45) is 3.48. The number of hydrogen-bond acceptors (Lipinski definition) is 3. The maximum Gasteiger partial charge on any atom is 0.289 e. The number of furan rings is 1. The van der Waals surface area contributed by atoms with Gasteiger partial charge in [-0.05, 0) is 59.7 Å². The van der Waals surface area contributed by atoms with E-state index in [1.165, 1.54) is 0 Å². The highest BCUT2D eigenvalue weighted by atomic mass is 16.3. The molecule has 1 aliphatic rings. The topological polar surface area (TPSA) is 36.7 Å². The predicted octanol–water partition coefficient (Wildman–Crippen LogP) is 3.00. The molecule has 0 aliphatic carbocycles. The van der Waals surface area contributed by atoms with Gasteiger partial charge in [-0.25, -0.2) is 0 Å². The van der Waals surface area contributed by atoms with Crippen molar-refractivity contribution in [1.82, 2.24) is 9.80 Å². The summed E-state index contributed by atoms with van der Waals surface area (Å²) in [5.41, 5.74) is 0.147. The highest BCUT2D eigenvalue weighted by Gasteiger charge is 2.45. The molecule has 0 radical (unpaired) electrons. The van der Waals surface area contributed by atoms with Crippen molar-refractivity contribution in [3.8, 4) is 0 Å². The molecule has 0 bridgehead atoms. The minimum Gasteiger partial charge on any atom is -0.459 e. The molecule has 1 amide bonds. The van der Waals surface area contributed by atoms with Gasteiger partial charge in [-0.15, -0.1) is 0 Å². The summed E-state index contributed by atoms with van der Waals surface area (Å²) in [6, 6.07) is 3.71. The van der Waals surface area contributed by atoms with Crippen LogP contribution in [-0.2, 0) is 0 Å². The van der Waals surface area contributed by atoms with Gasteiger partial charge in [-0.1, -0.05) is 0 Å². The summed E-state index contributed by atoms with van der Waals surface area (Å²) in [7, 11) is 4.05. The molecule has 1 aromatic rings. The Balaban J connectivity index is 2.19. The average molecular weight is 278 g/mol. The van der Waals surface area contributed by atoms with Crippen molar-refractivity contribution in [2.24, 2.45) is 0 Å². The van der Waals surface area contributed by atoms with Crippen LogP contribution in [0.15, 0.2) is 22.8 Å². The molecule has 0 N–H and O–H groups in total. The highest BCUT2D eigenvalue weighted by Crippen LogP contribution is 2.38. The molecule has 1 aliphatic heterocycles. The Labute approximate surface area is 121 Å². The maximum atomic E-state index is 12.4. The van der Waals surface area contributed by atoms with E-state index in [0.29, 0.717) is 5.76 Å². The molecule has 0 spiro atoms. The first-order valence-electron chi connectivity index (χ1n) is 7.20. The maximum absolute atomic E-state index is 12.4. The Kier molecular flexibility index (Phi) is 3.71. The van der Waals surface area contributed by atoms with Gasteiger partial charge < -0.3 is 9.32 Å². The zero-order valence-electron chi connectivity index (χ0n) is 13.4. The Morgan fingerprint density at radius 1 is 1.30 bits per heavy atom. The van der Waals surface area contributed by atoms with Crippen molar-refractivity contribution < 1.29 is 9.21 Å². The molecule has 2 rings (SSSR count). The Bertz CT molecular complexity index is 459. The average Bonchev–Trinajstić information content (AvgIpc) is 2.87. The van der Waals surface area contributed by atoms with Crippen molar-refractivity contribution in [3.05, 3.63) is 24.2 Å². The van der Waals surface area contributed by atoms with E-state index in [1.54, 1.807) is 18.4 Å². The summed E-state index contributed by atoms with van der Waals surface area (Å²) in [5.74, 6) is 0.387. The van der Waals surface area contributed by atoms with Gasteiger partial charge in [0, 0.05) is 24.2 Å². The van der Waals surface area contributed by atoms with Crippen LogP contribution in [0.2, 0.25) is 0 Å². The Morgan fingerprint density at radius 3 is 2.30 bits per heavy atom. The van der Waals surface area contributed by atoms with Crippen molar-refractivity contribution in [3.63, 3.8) is 0 Å². The van der Waals surface area contributed by atoms with Crippen LogP contribution in [0.1, 0.15) is 51.1 Å². The second-order valence-corrected chi connectivity index (χ2v) is 7.14. The third-order valence-electron chi connectivity index (χ3n) is 4.89. The standard InChI is InChI=1S/C16H26N2O2/c1-15(2)10-12(11-16(3,4)18(15)6)17(5)14(19)13-8-7-9-20-13/h7-9,12H,10-11H2,1-6H3. The largest absolute Gasteiger partial charge is 0.459 e. The van der Waals surface area contributed by atoms with Crippen LogP contribution in [0.3, 0.4) is 0 Å². The summed E-state index contributed by atoms with van der Waals surface area (Å²) in [6.45, 7) is 8.97. The van der Waals surface area contributed by atoms with Crippen LogP contribution >= 0.6 is 0 Å². The molecule has 20 heavy (non-hydrogen) atoms. The molecule has 112 valence electrons. The fourth-order valence-corrected chi connectivity index (χ4v) is 3.33. The number of carbonyl (C=O) groups is 1. The Hall–Kier alpha value is -1.29. The van der Waals surface area contributed by atoms with Crippen LogP contribution in [0, 0.1) is 0 Å². The Morgan fingerprint density at radius 2 is 1.85 bits per heavy atom. The molecule has 0 unspecified atom stereocenters. The summed E-state index contributed by atoms with van der Waals surface area (Å²) < 4.78 is 5.23. The van der Waals surface area contributed by atoms with E-state index in [0.717, 1.165) is 12.8 Å². The van der Waals surface area contributed by atoms with Gasteiger partial charge in [-0.3, -0.25) is 9.69 Å². The number of nitrogens with zero attached hydrogens (tertiary/aromatic N) is 2. The second kappa shape index (κ2) is 4.92. The van der Waals surface area contributed by atoms with Crippen LogP contribution in [-0.4, -0.2) is 46.9 Å². The molecule has 4 nitrogen and oxygen atoms in total. The van der Waals surface area contributed by atoms with E-state index in [9.17, 15) is 4.79 Å². The molecule has 0 atom stereocenters. The lowest BCUT2D eigenvalue weighted by Gasteiger charge is -2.55. The molecule has 2 heterocycles. The molecule has 0 aromatic carbocycles. The molecule has 4 heteroatoms. The third-order valence-corrected chi connectivity index (χ3v) is 4.89. The summed E-state index contributed by atoms with van der Waals surface area (Å²) in [5, 5.41) is 0. The predicted molar refractivity (Wildman–Crippen MR) is 79.7 cm³/mol. The van der Waals surface area contributed by atoms with Crippen molar-refractivity contribution in [1.29, 1.82) is 0 Å². The fraction of sp³-hybridized carbons (Fsp3) is 0.688. The zero-order chi connectivity index (χ0) is 15.1. The van der Waals surface area contributed by atoms with Gasteiger partial charge in [0.05, 0.1) is 6.26 Å². The SMILES string of the molecule is CN(C(=O)c1ccco1)C1CC(C)(C)N(C)C(C)(C)C1. The van der Waals surface area contributed by atoms with Crippen molar-refractivity contribution in [2.75, 3.05) is 14.1 Å². The third kappa shape index (κ3) is 2.62. The molecule has 0 saturated carbocycles. The molecular weight excluding hydrogens is 252 g/mol. The van der Waals surface area contributed by atoms with E-state index in [1.807, 2.05) is 11.9 Å². The van der Waals surface area contributed by atoms with Gasteiger partial charge in [0.1, 0.15) is 0 Å². The fourth-order valence-electron chi connectivity index (χ4n) is 3.33. The van der Waals surface area contributed by atoms with Crippen LogP contribution in [0.25, 0.3) is 0 Å². The number of rotatable bonds is 2. The number of amides is 1. The van der Waals surface area contributed by atoms with Gasteiger partial charge >= 0.3 is 0 Å². The molecule has 1 aromatic heterocycles. The number of piperidine rings is 1. The summed E-state index contributed by atoms with van der Waals surface area (Å²) >= 11 is 0. The zero-order valence-corrected chi connectivity index (χ0v) is 13.4. The van der Waals surface area contributed by atoms with Crippen molar-refractivity contribution >= 4 is 5.91 Å². The van der Waals surface area contributed by atoms with E-state index >= 15 is 0 Å². The van der Waals surface area contributed by atoms with Gasteiger partial charge in [0.25, 0.3) is 5.91 Å². The van der Waals surface area contributed by atoms with E-state index in [2.05, 4.69) is 39.6 Å². The van der Waals surface area contributed by atoms with Gasteiger partial charge in [-0.2, -0.15) is 0 Å². The first-order valence-corrected chi connectivity index (χ1v) is 7.20. The number of likely N-dealkylation sites (tertiary alicyclic amines) is 1. The van der Waals surface area contributed by atoms with E-state index in [4.69, 9.17) is 4.42 Å². The van der Waals surface area contributed by atoms with E-state index in [-0.39, 0.29) is 23.0 Å². The molecule has 1 saturated heterocycles. The first kappa shape index (κ1) is 15.1. The smallest absolute Gasteiger partial charge is 0.289 e. The normalized spacial score (nSPS) is 22.7. The minimum atomic E-state index is -0.0313. The van der Waals surface area contributed by atoms with Crippen molar-refractivity contribution in [2.45, 2.75) is 57.7 Å².